The highest BCUT2D eigenvalue weighted by atomic mass is 16.5. The molecule has 0 heterocycles. The first-order chi connectivity index (χ1) is 15.0. The lowest BCUT2D eigenvalue weighted by Gasteiger charge is -2.13. The van der Waals surface area contributed by atoms with Crippen LogP contribution in [0.1, 0.15) is 35.3 Å². The predicted octanol–water partition coefficient (Wildman–Crippen LogP) is 5.01. The molecular formula is C25H26N2O4. The molecule has 0 aliphatic heterocycles. The second kappa shape index (κ2) is 10.9. The Morgan fingerprint density at radius 2 is 1.52 bits per heavy atom. The number of carbonyl (C=O) groups is 2. The topological polar surface area (TPSA) is 76.7 Å². The average Bonchev–Trinajstić information content (AvgIpc) is 2.76. The third kappa shape index (κ3) is 6.69. The molecule has 0 spiro atoms. The summed E-state index contributed by atoms with van der Waals surface area (Å²) in [6.07, 6.45) is 0. The van der Waals surface area contributed by atoms with Crippen LogP contribution in [-0.4, -0.2) is 18.4 Å². The Labute approximate surface area is 182 Å². The number of anilines is 2. The van der Waals surface area contributed by atoms with Crippen LogP contribution < -0.4 is 15.4 Å². The fourth-order valence-electron chi connectivity index (χ4n) is 3.03. The molecular weight excluding hydrogens is 392 g/mol. The van der Waals surface area contributed by atoms with Crippen molar-refractivity contribution in [3.63, 3.8) is 0 Å². The van der Waals surface area contributed by atoms with Crippen molar-refractivity contribution in [1.29, 1.82) is 0 Å². The fraction of sp³-hybridized carbons (Fsp3) is 0.200. The predicted molar refractivity (Wildman–Crippen MR) is 121 cm³/mol. The van der Waals surface area contributed by atoms with Crippen LogP contribution in [0.15, 0.2) is 72.8 Å². The van der Waals surface area contributed by atoms with E-state index in [2.05, 4.69) is 10.6 Å². The lowest BCUT2D eigenvalue weighted by Crippen LogP contribution is -2.13. The van der Waals surface area contributed by atoms with Crippen molar-refractivity contribution >= 4 is 23.2 Å². The van der Waals surface area contributed by atoms with E-state index in [1.54, 1.807) is 42.5 Å². The average molecular weight is 418 g/mol. The van der Waals surface area contributed by atoms with Crippen LogP contribution in [0.25, 0.3) is 0 Å². The smallest absolute Gasteiger partial charge is 0.255 e. The lowest BCUT2D eigenvalue weighted by atomic mass is 10.1. The Morgan fingerprint density at radius 3 is 2.16 bits per heavy atom. The van der Waals surface area contributed by atoms with E-state index in [4.69, 9.17) is 9.47 Å². The second-order valence-electron chi connectivity index (χ2n) is 6.95. The van der Waals surface area contributed by atoms with Gasteiger partial charge in [-0.05, 0) is 55.0 Å². The molecule has 160 valence electrons. The molecule has 0 saturated heterocycles. The van der Waals surface area contributed by atoms with Crippen LogP contribution >= 0.6 is 0 Å². The van der Waals surface area contributed by atoms with E-state index in [-0.39, 0.29) is 11.8 Å². The van der Waals surface area contributed by atoms with Crippen LogP contribution in [0.4, 0.5) is 11.4 Å². The molecule has 0 aliphatic carbocycles. The summed E-state index contributed by atoms with van der Waals surface area (Å²) in [6.45, 7) is 4.70. The van der Waals surface area contributed by atoms with Crippen molar-refractivity contribution in [2.75, 3.05) is 17.2 Å². The molecule has 0 aliphatic rings. The van der Waals surface area contributed by atoms with Crippen molar-refractivity contribution in [2.24, 2.45) is 0 Å². The van der Waals surface area contributed by atoms with Gasteiger partial charge >= 0.3 is 0 Å². The zero-order chi connectivity index (χ0) is 22.1. The number of hydrogen-bond acceptors (Lipinski definition) is 4. The molecule has 31 heavy (non-hydrogen) atoms. The monoisotopic (exact) mass is 418 g/mol. The minimum absolute atomic E-state index is 0.145. The molecule has 0 radical (unpaired) electrons. The van der Waals surface area contributed by atoms with Gasteiger partial charge in [-0.2, -0.15) is 0 Å². The third-order valence-corrected chi connectivity index (χ3v) is 4.45. The van der Waals surface area contributed by atoms with Crippen LogP contribution in [0.3, 0.4) is 0 Å². The number of carbonyl (C=O) groups excluding carboxylic acids is 2. The van der Waals surface area contributed by atoms with Crippen LogP contribution in [-0.2, 0) is 22.7 Å². The first kappa shape index (κ1) is 22.1. The summed E-state index contributed by atoms with van der Waals surface area (Å²) in [5.74, 6) is 0.319. The molecule has 3 rings (SSSR count). The molecule has 0 saturated carbocycles. The van der Waals surface area contributed by atoms with Crippen molar-refractivity contribution in [2.45, 2.75) is 27.1 Å². The van der Waals surface area contributed by atoms with Gasteiger partial charge in [0.05, 0.1) is 19.8 Å². The Balaban J connectivity index is 1.67. The molecule has 2 N–H and O–H groups in total. The molecule has 0 atom stereocenters. The highest BCUT2D eigenvalue weighted by Gasteiger charge is 2.12. The van der Waals surface area contributed by atoms with Gasteiger partial charge in [0.2, 0.25) is 5.91 Å². The lowest BCUT2D eigenvalue weighted by molar-refractivity contribution is -0.114. The molecule has 0 unspecified atom stereocenters. The first-order valence-electron chi connectivity index (χ1n) is 10.1. The van der Waals surface area contributed by atoms with Gasteiger partial charge < -0.3 is 20.1 Å². The minimum atomic E-state index is -0.236. The minimum Gasteiger partial charge on any atom is -0.494 e. The Hall–Kier alpha value is -3.64. The summed E-state index contributed by atoms with van der Waals surface area (Å²) < 4.78 is 11.5. The molecule has 6 heteroatoms. The van der Waals surface area contributed by atoms with Crippen molar-refractivity contribution < 1.29 is 19.1 Å². The van der Waals surface area contributed by atoms with Crippen LogP contribution in [0.2, 0.25) is 0 Å². The third-order valence-electron chi connectivity index (χ3n) is 4.45. The summed E-state index contributed by atoms with van der Waals surface area (Å²) >= 11 is 0. The van der Waals surface area contributed by atoms with Crippen molar-refractivity contribution in [3.8, 4) is 5.75 Å². The van der Waals surface area contributed by atoms with E-state index >= 15 is 0 Å². The second-order valence-corrected chi connectivity index (χ2v) is 6.95. The van der Waals surface area contributed by atoms with Gasteiger partial charge in [0.1, 0.15) is 5.75 Å². The molecule has 2 amide bonds. The maximum Gasteiger partial charge on any atom is 0.255 e. The zero-order valence-electron chi connectivity index (χ0n) is 17.7. The Kier molecular flexibility index (Phi) is 7.79. The molecule has 0 bridgehead atoms. The normalized spacial score (nSPS) is 10.4. The first-order valence-corrected chi connectivity index (χ1v) is 10.1. The van der Waals surface area contributed by atoms with Gasteiger partial charge in [0.15, 0.2) is 0 Å². The van der Waals surface area contributed by atoms with Crippen molar-refractivity contribution in [3.05, 3.63) is 89.5 Å². The SMILES string of the molecule is CCOc1ccc(C(=O)Nc2ccc(NC(C)=O)cc2)cc1COCc1ccccc1. The molecule has 0 aromatic heterocycles. The standard InChI is InChI=1S/C25H26N2O4/c1-3-31-24-14-9-20(15-21(24)17-30-16-19-7-5-4-6-8-19)25(29)27-23-12-10-22(11-13-23)26-18(2)28/h4-15H,3,16-17H2,1-2H3,(H,26,28)(H,27,29). The molecule has 3 aromatic carbocycles. The van der Waals surface area contributed by atoms with E-state index in [0.717, 1.165) is 11.1 Å². The summed E-state index contributed by atoms with van der Waals surface area (Å²) in [6, 6.07) is 22.2. The van der Waals surface area contributed by atoms with Gasteiger partial charge in [0.25, 0.3) is 5.91 Å². The van der Waals surface area contributed by atoms with E-state index in [0.29, 0.717) is 42.5 Å². The van der Waals surface area contributed by atoms with Gasteiger partial charge in [0, 0.05) is 29.4 Å². The maximum atomic E-state index is 12.7. The van der Waals surface area contributed by atoms with E-state index in [1.807, 2.05) is 37.3 Å². The number of amides is 2. The van der Waals surface area contributed by atoms with E-state index < -0.39 is 0 Å². The Morgan fingerprint density at radius 1 is 0.839 bits per heavy atom. The van der Waals surface area contributed by atoms with Crippen LogP contribution in [0.5, 0.6) is 5.75 Å². The highest BCUT2D eigenvalue weighted by molar-refractivity contribution is 6.04. The summed E-state index contributed by atoms with van der Waals surface area (Å²) in [5, 5.41) is 5.56. The number of benzene rings is 3. The Bertz CT molecular complexity index is 1020. The number of rotatable bonds is 9. The quantitative estimate of drug-likeness (QED) is 0.512. The fourth-order valence-corrected chi connectivity index (χ4v) is 3.03. The van der Waals surface area contributed by atoms with E-state index in [9.17, 15) is 9.59 Å². The molecule has 6 nitrogen and oxygen atoms in total. The summed E-state index contributed by atoms with van der Waals surface area (Å²) in [5.41, 5.74) is 3.70. The number of nitrogens with one attached hydrogen (secondary N) is 2. The highest BCUT2D eigenvalue weighted by Crippen LogP contribution is 2.23. The summed E-state index contributed by atoms with van der Waals surface area (Å²) in [4.78, 5) is 23.9. The van der Waals surface area contributed by atoms with Gasteiger partial charge in [-0.3, -0.25) is 9.59 Å². The van der Waals surface area contributed by atoms with Gasteiger partial charge in [-0.25, -0.2) is 0 Å². The van der Waals surface area contributed by atoms with E-state index in [1.165, 1.54) is 6.92 Å². The molecule has 0 fully saturated rings. The van der Waals surface area contributed by atoms with Crippen LogP contribution in [0, 0.1) is 0 Å². The van der Waals surface area contributed by atoms with Gasteiger partial charge in [-0.1, -0.05) is 30.3 Å². The zero-order valence-corrected chi connectivity index (χ0v) is 17.7. The summed E-state index contributed by atoms with van der Waals surface area (Å²) in [7, 11) is 0. The number of ether oxygens (including phenoxy) is 2. The molecule has 3 aromatic rings. The van der Waals surface area contributed by atoms with Crippen molar-refractivity contribution in [1.82, 2.24) is 0 Å². The maximum absolute atomic E-state index is 12.7. The van der Waals surface area contributed by atoms with Gasteiger partial charge in [-0.15, -0.1) is 0 Å². The number of hydrogen-bond donors (Lipinski definition) is 2. The largest absolute Gasteiger partial charge is 0.494 e.